The van der Waals surface area contributed by atoms with E-state index in [4.69, 9.17) is 4.74 Å². The van der Waals surface area contributed by atoms with E-state index in [1.54, 1.807) is 0 Å². The maximum absolute atomic E-state index is 10.5. The zero-order chi connectivity index (χ0) is 17.1. The monoisotopic (exact) mass is 380 g/mol. The fourth-order valence-corrected chi connectivity index (χ4v) is 4.91. The topological polar surface area (TPSA) is 35.9 Å². The Hall–Kier alpha value is -0.810. The summed E-state index contributed by atoms with van der Waals surface area (Å²) in [6, 6.07) is 11.9. The van der Waals surface area contributed by atoms with Gasteiger partial charge in [0.1, 0.15) is 0 Å². The standard InChI is InChI=1S/C21H32N2O2.ClH/c24-20(16-25-21-9-5-2-6-10-21)15-23-18-11-12-19(23)14-22(13-18)17-7-3-1-4-8-17;/h1,3-4,7-8,18-21,24H,2,5-6,9-16H2;1H/t18-,19+,20?;. The second kappa shape index (κ2) is 9.41. The van der Waals surface area contributed by atoms with Crippen LogP contribution in [-0.2, 0) is 4.74 Å². The van der Waals surface area contributed by atoms with Gasteiger partial charge in [0.15, 0.2) is 0 Å². The first-order valence-corrected chi connectivity index (χ1v) is 10.1. The SMILES string of the molecule is Cl.OC(COC1CCCCC1)CN1[C@@H]2CC[C@H]1CN(c1ccccc1)C2. The summed E-state index contributed by atoms with van der Waals surface area (Å²) in [5, 5.41) is 10.5. The number of fused-ring (bicyclic) bond motifs is 2. The highest BCUT2D eigenvalue weighted by atomic mass is 35.5. The van der Waals surface area contributed by atoms with Crippen molar-refractivity contribution in [3.8, 4) is 0 Å². The molecule has 0 aromatic heterocycles. The molecule has 3 atom stereocenters. The van der Waals surface area contributed by atoms with Crippen LogP contribution in [0, 0.1) is 0 Å². The molecule has 146 valence electrons. The lowest BCUT2D eigenvalue weighted by Gasteiger charge is -2.43. The van der Waals surface area contributed by atoms with Crippen molar-refractivity contribution in [1.82, 2.24) is 4.90 Å². The fourth-order valence-electron chi connectivity index (χ4n) is 4.91. The van der Waals surface area contributed by atoms with Crippen LogP contribution in [0.4, 0.5) is 5.69 Å². The molecule has 4 rings (SSSR count). The van der Waals surface area contributed by atoms with Crippen LogP contribution in [-0.4, -0.2) is 60.5 Å². The first-order valence-electron chi connectivity index (χ1n) is 10.1. The molecular formula is C21H33ClN2O2. The number of hydrogen-bond donors (Lipinski definition) is 1. The zero-order valence-corrected chi connectivity index (χ0v) is 16.4. The van der Waals surface area contributed by atoms with E-state index in [1.807, 2.05) is 0 Å². The van der Waals surface area contributed by atoms with Crippen LogP contribution < -0.4 is 4.90 Å². The number of aliphatic hydroxyl groups excluding tert-OH is 1. The minimum Gasteiger partial charge on any atom is -0.389 e. The summed E-state index contributed by atoms with van der Waals surface area (Å²) in [5.41, 5.74) is 1.33. The molecule has 5 heteroatoms. The maximum atomic E-state index is 10.5. The molecule has 3 fully saturated rings. The van der Waals surface area contributed by atoms with E-state index < -0.39 is 0 Å². The number of rotatable bonds is 6. The summed E-state index contributed by atoms with van der Waals surface area (Å²) in [6.45, 7) is 3.43. The molecule has 1 aliphatic carbocycles. The minimum absolute atomic E-state index is 0. The van der Waals surface area contributed by atoms with Crippen molar-refractivity contribution in [2.75, 3.05) is 31.1 Å². The first kappa shape index (κ1) is 19.9. The van der Waals surface area contributed by atoms with Crippen molar-refractivity contribution in [3.05, 3.63) is 30.3 Å². The Bertz CT molecular complexity index is 524. The lowest BCUT2D eigenvalue weighted by atomic mass is 9.98. The Morgan fingerprint density at radius 2 is 1.62 bits per heavy atom. The highest BCUT2D eigenvalue weighted by Gasteiger charge is 2.40. The summed E-state index contributed by atoms with van der Waals surface area (Å²) in [6.07, 6.45) is 8.80. The Labute approximate surface area is 163 Å². The van der Waals surface area contributed by atoms with Gasteiger partial charge in [-0.05, 0) is 37.8 Å². The number of benzene rings is 1. The van der Waals surface area contributed by atoms with Crippen LogP contribution in [0.5, 0.6) is 0 Å². The van der Waals surface area contributed by atoms with E-state index in [0.29, 0.717) is 24.8 Å². The van der Waals surface area contributed by atoms with Gasteiger partial charge in [0.2, 0.25) is 0 Å². The van der Waals surface area contributed by atoms with E-state index in [1.165, 1.54) is 50.6 Å². The average Bonchev–Trinajstić information content (AvgIpc) is 2.89. The van der Waals surface area contributed by atoms with E-state index in [-0.39, 0.29) is 18.5 Å². The quantitative estimate of drug-likeness (QED) is 0.819. The minimum atomic E-state index is -0.353. The fraction of sp³-hybridized carbons (Fsp3) is 0.714. The summed E-state index contributed by atoms with van der Waals surface area (Å²) in [5.74, 6) is 0. The van der Waals surface area contributed by atoms with Gasteiger partial charge >= 0.3 is 0 Å². The molecule has 26 heavy (non-hydrogen) atoms. The number of halogens is 1. The number of nitrogens with zero attached hydrogens (tertiary/aromatic N) is 2. The van der Waals surface area contributed by atoms with Gasteiger partial charge in [-0.1, -0.05) is 37.5 Å². The Kier molecular flexibility index (Phi) is 7.21. The van der Waals surface area contributed by atoms with Crippen LogP contribution in [0.1, 0.15) is 44.9 Å². The lowest BCUT2D eigenvalue weighted by Crippen LogP contribution is -2.56. The lowest BCUT2D eigenvalue weighted by molar-refractivity contribution is -0.0389. The molecular weight excluding hydrogens is 348 g/mol. The number of anilines is 1. The van der Waals surface area contributed by atoms with Crippen molar-refractivity contribution < 1.29 is 9.84 Å². The van der Waals surface area contributed by atoms with Gasteiger partial charge in [-0.3, -0.25) is 4.90 Å². The molecule has 0 radical (unpaired) electrons. The Morgan fingerprint density at radius 1 is 0.962 bits per heavy atom. The molecule has 2 bridgehead atoms. The predicted octanol–water partition coefficient (Wildman–Crippen LogP) is 3.47. The highest BCUT2D eigenvalue weighted by molar-refractivity contribution is 5.85. The van der Waals surface area contributed by atoms with Crippen LogP contribution in [0.3, 0.4) is 0 Å². The van der Waals surface area contributed by atoms with Crippen LogP contribution in [0.2, 0.25) is 0 Å². The molecule has 3 aliphatic rings. The molecule has 0 spiro atoms. The largest absolute Gasteiger partial charge is 0.389 e. The molecule has 1 saturated carbocycles. The third-order valence-electron chi connectivity index (χ3n) is 6.25. The van der Waals surface area contributed by atoms with Crippen molar-refractivity contribution in [2.24, 2.45) is 0 Å². The molecule has 1 aromatic carbocycles. The summed E-state index contributed by atoms with van der Waals surface area (Å²) in [7, 11) is 0. The molecule has 2 heterocycles. The highest BCUT2D eigenvalue weighted by Crippen LogP contribution is 2.32. The van der Waals surface area contributed by atoms with Crippen LogP contribution in [0.25, 0.3) is 0 Å². The van der Waals surface area contributed by atoms with Crippen molar-refractivity contribution in [2.45, 2.75) is 69.2 Å². The number of para-hydroxylation sites is 1. The summed E-state index contributed by atoms with van der Waals surface area (Å²) in [4.78, 5) is 5.07. The van der Waals surface area contributed by atoms with Gasteiger partial charge < -0.3 is 14.7 Å². The number of hydrogen-bond acceptors (Lipinski definition) is 4. The number of piperazine rings is 1. The molecule has 2 aliphatic heterocycles. The van der Waals surface area contributed by atoms with Crippen molar-refractivity contribution in [1.29, 1.82) is 0 Å². The normalized spacial score (nSPS) is 28.0. The van der Waals surface area contributed by atoms with Gasteiger partial charge in [0, 0.05) is 37.4 Å². The molecule has 1 unspecified atom stereocenters. The zero-order valence-electron chi connectivity index (χ0n) is 15.6. The second-order valence-electron chi connectivity index (χ2n) is 8.07. The summed E-state index contributed by atoms with van der Waals surface area (Å²) < 4.78 is 5.98. The van der Waals surface area contributed by atoms with Gasteiger partial charge in [-0.15, -0.1) is 12.4 Å². The average molecular weight is 381 g/mol. The molecule has 0 amide bonds. The number of ether oxygens (including phenoxy) is 1. The van der Waals surface area contributed by atoms with Gasteiger partial charge in [0.25, 0.3) is 0 Å². The van der Waals surface area contributed by atoms with Crippen LogP contribution in [0.15, 0.2) is 30.3 Å². The van der Waals surface area contributed by atoms with Crippen molar-refractivity contribution >= 4 is 18.1 Å². The Balaban J connectivity index is 0.00000196. The first-order chi connectivity index (χ1) is 12.3. The van der Waals surface area contributed by atoms with E-state index in [2.05, 4.69) is 40.1 Å². The van der Waals surface area contributed by atoms with E-state index >= 15 is 0 Å². The van der Waals surface area contributed by atoms with E-state index in [0.717, 1.165) is 19.6 Å². The second-order valence-corrected chi connectivity index (χ2v) is 8.07. The van der Waals surface area contributed by atoms with Gasteiger partial charge in [-0.25, -0.2) is 0 Å². The molecule has 1 N–H and O–H groups in total. The molecule has 4 nitrogen and oxygen atoms in total. The third-order valence-corrected chi connectivity index (χ3v) is 6.25. The van der Waals surface area contributed by atoms with Gasteiger partial charge in [-0.2, -0.15) is 0 Å². The molecule has 1 aromatic rings. The smallest absolute Gasteiger partial charge is 0.0900 e. The van der Waals surface area contributed by atoms with E-state index in [9.17, 15) is 5.11 Å². The third kappa shape index (κ3) is 4.72. The predicted molar refractivity (Wildman–Crippen MR) is 108 cm³/mol. The summed E-state index contributed by atoms with van der Waals surface area (Å²) >= 11 is 0. The van der Waals surface area contributed by atoms with Crippen molar-refractivity contribution in [3.63, 3.8) is 0 Å². The maximum Gasteiger partial charge on any atom is 0.0900 e. The molecule has 2 saturated heterocycles. The Morgan fingerprint density at radius 3 is 2.27 bits per heavy atom. The van der Waals surface area contributed by atoms with Crippen LogP contribution >= 0.6 is 12.4 Å². The number of aliphatic hydroxyl groups is 1. The van der Waals surface area contributed by atoms with Gasteiger partial charge in [0.05, 0.1) is 18.8 Å².